The van der Waals surface area contributed by atoms with Gasteiger partial charge in [-0.3, -0.25) is 24.2 Å². The first kappa shape index (κ1) is 18.5. The van der Waals surface area contributed by atoms with Crippen molar-refractivity contribution < 1.29 is 14.4 Å². The second-order valence-electron chi connectivity index (χ2n) is 7.58. The van der Waals surface area contributed by atoms with Crippen LogP contribution in [0.4, 0.5) is 0 Å². The molecule has 5 rings (SSSR count). The maximum absolute atomic E-state index is 12.7. The minimum absolute atomic E-state index is 0.195. The molecule has 0 saturated carbocycles. The highest BCUT2D eigenvalue weighted by Gasteiger charge is 2.37. The molecular formula is C22H21N5O3. The number of nitrogens with zero attached hydrogens (tertiary/aromatic N) is 5. The highest BCUT2D eigenvalue weighted by Crippen LogP contribution is 2.22. The van der Waals surface area contributed by atoms with E-state index in [9.17, 15) is 14.4 Å². The number of rotatable bonds is 4. The van der Waals surface area contributed by atoms with Crippen LogP contribution in [0, 0.1) is 0 Å². The van der Waals surface area contributed by atoms with E-state index in [1.165, 1.54) is 0 Å². The van der Waals surface area contributed by atoms with E-state index in [1.807, 2.05) is 30.6 Å². The SMILES string of the molecule is O=C(CN1C(=O)c2ccccc2C1=O)N1CCN(Cc2cnc3ccccn23)CC1. The molecule has 152 valence electrons. The third kappa shape index (κ3) is 3.15. The van der Waals surface area contributed by atoms with Crippen LogP contribution in [0.1, 0.15) is 26.4 Å². The zero-order valence-corrected chi connectivity index (χ0v) is 16.4. The van der Waals surface area contributed by atoms with Gasteiger partial charge in [-0.1, -0.05) is 18.2 Å². The Morgan fingerprint density at radius 1 is 0.900 bits per heavy atom. The van der Waals surface area contributed by atoms with Gasteiger partial charge in [0, 0.05) is 38.9 Å². The number of carbonyl (C=O) groups excluding carboxylic acids is 3. The van der Waals surface area contributed by atoms with Crippen molar-refractivity contribution in [1.82, 2.24) is 24.1 Å². The third-order valence-corrected chi connectivity index (χ3v) is 5.78. The molecule has 0 aliphatic carbocycles. The Morgan fingerprint density at radius 2 is 1.57 bits per heavy atom. The van der Waals surface area contributed by atoms with Crippen LogP contribution in [0.25, 0.3) is 5.65 Å². The Morgan fingerprint density at radius 3 is 2.27 bits per heavy atom. The fourth-order valence-corrected chi connectivity index (χ4v) is 4.10. The van der Waals surface area contributed by atoms with Gasteiger partial charge >= 0.3 is 0 Å². The van der Waals surface area contributed by atoms with Crippen molar-refractivity contribution in [3.05, 3.63) is 71.7 Å². The van der Waals surface area contributed by atoms with E-state index < -0.39 is 11.8 Å². The number of piperazine rings is 1. The molecule has 1 fully saturated rings. The number of fused-ring (bicyclic) bond motifs is 2. The van der Waals surface area contributed by atoms with Gasteiger partial charge in [-0.2, -0.15) is 0 Å². The van der Waals surface area contributed by atoms with Gasteiger partial charge in [-0.25, -0.2) is 4.98 Å². The fraction of sp³-hybridized carbons (Fsp3) is 0.273. The van der Waals surface area contributed by atoms with E-state index in [-0.39, 0.29) is 12.5 Å². The minimum Gasteiger partial charge on any atom is -0.339 e. The zero-order valence-electron chi connectivity index (χ0n) is 16.4. The maximum atomic E-state index is 12.7. The molecule has 0 bridgehead atoms. The van der Waals surface area contributed by atoms with Crippen LogP contribution in [-0.4, -0.2) is 74.5 Å². The van der Waals surface area contributed by atoms with Gasteiger partial charge in [0.25, 0.3) is 11.8 Å². The molecule has 3 aromatic rings. The lowest BCUT2D eigenvalue weighted by Gasteiger charge is -2.35. The molecule has 8 nitrogen and oxygen atoms in total. The first-order valence-corrected chi connectivity index (χ1v) is 9.98. The summed E-state index contributed by atoms with van der Waals surface area (Å²) in [5.41, 5.74) is 2.76. The lowest BCUT2D eigenvalue weighted by atomic mass is 10.1. The highest BCUT2D eigenvalue weighted by atomic mass is 16.2. The molecule has 0 radical (unpaired) electrons. The van der Waals surface area contributed by atoms with E-state index in [4.69, 9.17) is 0 Å². The largest absolute Gasteiger partial charge is 0.339 e. The minimum atomic E-state index is -0.393. The number of imide groups is 1. The van der Waals surface area contributed by atoms with Crippen LogP contribution in [0.15, 0.2) is 54.9 Å². The van der Waals surface area contributed by atoms with E-state index in [1.54, 1.807) is 29.2 Å². The number of imidazole rings is 1. The number of hydrogen-bond acceptors (Lipinski definition) is 5. The van der Waals surface area contributed by atoms with Gasteiger partial charge in [-0.15, -0.1) is 0 Å². The van der Waals surface area contributed by atoms with Crippen LogP contribution >= 0.6 is 0 Å². The normalized spacial score (nSPS) is 17.1. The zero-order chi connectivity index (χ0) is 20.7. The van der Waals surface area contributed by atoms with Crippen LogP contribution in [0.2, 0.25) is 0 Å². The first-order valence-electron chi connectivity index (χ1n) is 9.98. The Labute approximate surface area is 173 Å². The summed E-state index contributed by atoms with van der Waals surface area (Å²) in [6.45, 7) is 3.14. The van der Waals surface area contributed by atoms with Gasteiger partial charge in [0.15, 0.2) is 0 Å². The summed E-state index contributed by atoms with van der Waals surface area (Å²) in [6.07, 6.45) is 3.88. The summed E-state index contributed by atoms with van der Waals surface area (Å²) < 4.78 is 2.07. The summed E-state index contributed by atoms with van der Waals surface area (Å²) in [4.78, 5) is 47.2. The maximum Gasteiger partial charge on any atom is 0.262 e. The van der Waals surface area contributed by atoms with Crippen molar-refractivity contribution in [3.8, 4) is 0 Å². The van der Waals surface area contributed by atoms with Gasteiger partial charge in [-0.05, 0) is 24.3 Å². The Hall–Kier alpha value is -3.52. The van der Waals surface area contributed by atoms with Gasteiger partial charge in [0.05, 0.1) is 23.0 Å². The predicted octanol–water partition coefficient (Wildman–Crippen LogP) is 1.27. The van der Waals surface area contributed by atoms with Crippen molar-refractivity contribution in [3.63, 3.8) is 0 Å². The summed E-state index contributed by atoms with van der Waals surface area (Å²) in [6, 6.07) is 12.6. The molecule has 3 amide bonds. The van der Waals surface area contributed by atoms with E-state index >= 15 is 0 Å². The lowest BCUT2D eigenvalue weighted by molar-refractivity contribution is -0.133. The second-order valence-corrected chi connectivity index (χ2v) is 7.58. The lowest BCUT2D eigenvalue weighted by Crippen LogP contribution is -2.51. The smallest absolute Gasteiger partial charge is 0.262 e. The number of hydrogen-bond donors (Lipinski definition) is 0. The molecule has 1 saturated heterocycles. The van der Waals surface area contributed by atoms with Crippen LogP contribution in [0.3, 0.4) is 0 Å². The number of pyridine rings is 1. The molecule has 30 heavy (non-hydrogen) atoms. The standard InChI is InChI=1S/C22H21N5O3/c28-20(15-27-21(29)17-5-1-2-6-18(17)22(27)30)25-11-9-24(10-12-25)14-16-13-23-19-7-3-4-8-26(16)19/h1-8,13H,9-12,14-15H2. The van der Waals surface area contributed by atoms with Gasteiger partial charge < -0.3 is 9.30 Å². The molecule has 0 spiro atoms. The monoisotopic (exact) mass is 403 g/mol. The van der Waals surface area contributed by atoms with E-state index in [0.29, 0.717) is 24.2 Å². The topological polar surface area (TPSA) is 78.2 Å². The molecule has 0 N–H and O–H groups in total. The third-order valence-electron chi connectivity index (χ3n) is 5.78. The average molecular weight is 403 g/mol. The molecule has 2 aromatic heterocycles. The summed E-state index contributed by atoms with van der Waals surface area (Å²) in [5, 5.41) is 0. The number of amides is 3. The van der Waals surface area contributed by atoms with Crippen LogP contribution < -0.4 is 0 Å². The van der Waals surface area contributed by atoms with Crippen molar-refractivity contribution in [2.45, 2.75) is 6.54 Å². The Kier molecular flexibility index (Phi) is 4.55. The van der Waals surface area contributed by atoms with E-state index in [2.05, 4.69) is 14.3 Å². The van der Waals surface area contributed by atoms with Crippen molar-refractivity contribution in [2.75, 3.05) is 32.7 Å². The first-order chi connectivity index (χ1) is 14.6. The number of benzene rings is 1. The Balaban J connectivity index is 1.18. The molecule has 0 atom stereocenters. The summed E-state index contributed by atoms with van der Waals surface area (Å²) >= 11 is 0. The molecule has 2 aliphatic heterocycles. The fourth-order valence-electron chi connectivity index (χ4n) is 4.10. The van der Waals surface area contributed by atoms with Crippen molar-refractivity contribution in [1.29, 1.82) is 0 Å². The summed E-state index contributed by atoms with van der Waals surface area (Å²) in [5.74, 6) is -0.982. The number of aromatic nitrogens is 2. The van der Waals surface area contributed by atoms with E-state index in [0.717, 1.165) is 35.9 Å². The summed E-state index contributed by atoms with van der Waals surface area (Å²) in [7, 11) is 0. The highest BCUT2D eigenvalue weighted by molar-refractivity contribution is 6.22. The predicted molar refractivity (Wildman–Crippen MR) is 109 cm³/mol. The average Bonchev–Trinajstić information content (AvgIpc) is 3.29. The van der Waals surface area contributed by atoms with Crippen LogP contribution in [0.5, 0.6) is 0 Å². The molecule has 1 aromatic carbocycles. The number of carbonyl (C=O) groups is 3. The quantitative estimate of drug-likeness (QED) is 0.613. The molecular weight excluding hydrogens is 382 g/mol. The molecule has 0 unspecified atom stereocenters. The molecule has 2 aliphatic rings. The van der Waals surface area contributed by atoms with Crippen molar-refractivity contribution >= 4 is 23.4 Å². The van der Waals surface area contributed by atoms with Crippen molar-refractivity contribution in [2.24, 2.45) is 0 Å². The van der Waals surface area contributed by atoms with Gasteiger partial charge in [0.2, 0.25) is 5.91 Å². The second kappa shape index (κ2) is 7.38. The molecule has 8 heteroatoms. The Bertz CT molecular complexity index is 1110. The molecule has 4 heterocycles. The van der Waals surface area contributed by atoms with Gasteiger partial charge in [0.1, 0.15) is 12.2 Å². The van der Waals surface area contributed by atoms with Crippen LogP contribution in [-0.2, 0) is 11.3 Å².